The predicted molar refractivity (Wildman–Crippen MR) is 315 cm³/mol. The van der Waals surface area contributed by atoms with Crippen LogP contribution in [0.15, 0.2) is 224 Å². The lowest BCUT2D eigenvalue weighted by molar-refractivity contribution is 0.975. The molecule has 2 heterocycles. The number of aliphatic imine (C=N–C) groups is 1. The normalized spacial score (nSPS) is 12.4. The Morgan fingerprint density at radius 2 is 1.14 bits per heavy atom. The smallest absolute Gasteiger partial charge is 0.145 e. The summed E-state index contributed by atoms with van der Waals surface area (Å²) in [6.07, 6.45) is 11.4. The number of fused-ring (bicyclic) bond motifs is 5. The predicted octanol–water partition coefficient (Wildman–Crippen LogP) is 17.8. The van der Waals surface area contributed by atoms with Crippen LogP contribution >= 0.6 is 0 Å². The highest BCUT2D eigenvalue weighted by molar-refractivity contribution is 6.23. The molecule has 6 nitrogen and oxygen atoms in total. The number of allylic oxidation sites excluding steroid dienone is 2. The first-order valence-corrected chi connectivity index (χ1v) is 25.2. The van der Waals surface area contributed by atoms with E-state index in [1.54, 1.807) is 6.08 Å². The Balaban J connectivity index is 1.02. The molecule has 354 valence electrons. The highest BCUT2D eigenvalue weighted by Crippen LogP contribution is 2.47. The van der Waals surface area contributed by atoms with Crippen LogP contribution in [0.3, 0.4) is 0 Å². The number of nitrogens with one attached hydrogen (secondary N) is 2. The van der Waals surface area contributed by atoms with Crippen molar-refractivity contribution in [3.8, 4) is 61.8 Å². The van der Waals surface area contributed by atoms with E-state index in [2.05, 4.69) is 203 Å². The van der Waals surface area contributed by atoms with Crippen LogP contribution in [0.25, 0.3) is 128 Å². The molecule has 0 aliphatic carbocycles. The monoisotopic (exact) mass is 952 g/mol. The van der Waals surface area contributed by atoms with Crippen molar-refractivity contribution in [3.63, 3.8) is 0 Å². The fourth-order valence-electron chi connectivity index (χ4n) is 10.5. The molecule has 0 aliphatic heterocycles. The van der Waals surface area contributed by atoms with Crippen molar-refractivity contribution in [2.45, 2.75) is 26.8 Å². The molecule has 1 atom stereocenters. The van der Waals surface area contributed by atoms with Crippen LogP contribution < -0.4 is 0 Å². The summed E-state index contributed by atoms with van der Waals surface area (Å²) in [7, 11) is 0. The average Bonchev–Trinajstić information content (AvgIpc) is 4.06. The third-order valence-corrected chi connectivity index (χ3v) is 14.2. The summed E-state index contributed by atoms with van der Waals surface area (Å²) < 4.78 is 2.17. The lowest BCUT2D eigenvalue weighted by Gasteiger charge is -2.20. The number of aromatic nitrogens is 4. The Labute approximate surface area is 430 Å². The van der Waals surface area contributed by atoms with Gasteiger partial charge < -0.3 is 10.4 Å². The van der Waals surface area contributed by atoms with Gasteiger partial charge in [-0.2, -0.15) is 0 Å². The van der Waals surface area contributed by atoms with E-state index in [4.69, 9.17) is 15.4 Å². The number of benzene rings is 10. The molecule has 0 spiro atoms. The van der Waals surface area contributed by atoms with E-state index in [-0.39, 0.29) is 6.04 Å². The first-order valence-electron chi connectivity index (χ1n) is 25.2. The second-order valence-corrected chi connectivity index (χ2v) is 18.8. The number of nitrogens with zero attached hydrogens (tertiary/aromatic N) is 4. The minimum absolute atomic E-state index is 0.234. The van der Waals surface area contributed by atoms with Gasteiger partial charge in [0.05, 0.1) is 34.2 Å². The maximum absolute atomic E-state index is 8.25. The quantitative estimate of drug-likeness (QED) is 0.0945. The average molecular weight is 953 g/mol. The zero-order chi connectivity index (χ0) is 50.3. The summed E-state index contributed by atoms with van der Waals surface area (Å²) in [4.78, 5) is 18.5. The first-order chi connectivity index (χ1) is 36.3. The van der Waals surface area contributed by atoms with Crippen molar-refractivity contribution in [1.29, 1.82) is 5.41 Å². The standard InChI is InChI=1S/C68H52N6/c1-5-14-60(69)43(4)70-42-44-22-34-55(35-23-44)74-64(7-3)63(15-6-2)73-68(74)48-28-24-47(25-29-48)51-32-36-56-58(40-51)65(52-30-26-45-16-8-10-18-49(45)38-52)57-37-33-54(67-71-61-20-12-13-21-62(61)72-67)41-59(57)66(56)53-31-27-46-17-9-11-19-50(46)39-53/h5-43,69H,3H2,1-2,4H3,(H,71,72)/b14-5-,15-6?,69-60?,70-42?. The zero-order valence-corrected chi connectivity index (χ0v) is 41.5. The van der Waals surface area contributed by atoms with E-state index in [1.807, 2.05) is 63.4 Å². The molecule has 74 heavy (non-hydrogen) atoms. The van der Waals surface area contributed by atoms with Crippen molar-refractivity contribution in [2.75, 3.05) is 0 Å². The Hall–Kier alpha value is -9.52. The third-order valence-electron chi connectivity index (χ3n) is 14.2. The van der Waals surface area contributed by atoms with Crippen LogP contribution in [0.5, 0.6) is 0 Å². The molecule has 0 aliphatic rings. The van der Waals surface area contributed by atoms with Gasteiger partial charge in [-0.3, -0.25) is 9.56 Å². The van der Waals surface area contributed by atoms with Gasteiger partial charge in [0.1, 0.15) is 11.6 Å². The van der Waals surface area contributed by atoms with Gasteiger partial charge in [0.15, 0.2) is 0 Å². The molecule has 0 amide bonds. The van der Waals surface area contributed by atoms with Crippen LogP contribution in [0.2, 0.25) is 0 Å². The molecule has 1 unspecified atom stereocenters. The maximum atomic E-state index is 8.25. The maximum Gasteiger partial charge on any atom is 0.145 e. The number of rotatable bonds is 12. The van der Waals surface area contributed by atoms with Crippen LogP contribution in [-0.4, -0.2) is 37.5 Å². The number of para-hydroxylation sites is 2. The summed E-state index contributed by atoms with van der Waals surface area (Å²) in [6, 6.07) is 69.9. The van der Waals surface area contributed by atoms with Gasteiger partial charge in [0.25, 0.3) is 0 Å². The minimum Gasteiger partial charge on any atom is -0.338 e. The summed E-state index contributed by atoms with van der Waals surface area (Å²) in [5.41, 5.74) is 15.0. The minimum atomic E-state index is -0.234. The van der Waals surface area contributed by atoms with Crippen molar-refractivity contribution in [3.05, 3.63) is 236 Å². The number of aromatic amines is 1. The lowest BCUT2D eigenvalue weighted by atomic mass is 9.83. The van der Waals surface area contributed by atoms with E-state index in [0.717, 1.165) is 84.1 Å². The van der Waals surface area contributed by atoms with Crippen molar-refractivity contribution < 1.29 is 0 Å². The number of H-pyrrole nitrogens is 1. The number of hydrogen-bond acceptors (Lipinski definition) is 4. The van der Waals surface area contributed by atoms with E-state index in [1.165, 1.54) is 48.8 Å². The highest BCUT2D eigenvalue weighted by Gasteiger charge is 2.21. The molecule has 12 rings (SSSR count). The van der Waals surface area contributed by atoms with Gasteiger partial charge in [0.2, 0.25) is 0 Å². The van der Waals surface area contributed by atoms with Gasteiger partial charge >= 0.3 is 0 Å². The molecule has 0 fully saturated rings. The molecule has 0 saturated heterocycles. The van der Waals surface area contributed by atoms with Crippen LogP contribution in [0.1, 0.15) is 37.7 Å². The van der Waals surface area contributed by atoms with Crippen molar-refractivity contribution in [1.82, 2.24) is 19.5 Å². The summed E-state index contributed by atoms with van der Waals surface area (Å²) in [6.45, 7) is 10.1. The molecular formula is C68H52N6. The summed E-state index contributed by atoms with van der Waals surface area (Å²) in [5, 5.41) is 17.7. The van der Waals surface area contributed by atoms with E-state index >= 15 is 0 Å². The highest BCUT2D eigenvalue weighted by atomic mass is 15.1. The molecule has 2 aromatic heterocycles. The fraction of sp³-hybridized carbons (Fsp3) is 0.0588. The molecule has 2 N–H and O–H groups in total. The van der Waals surface area contributed by atoms with Gasteiger partial charge in [-0.1, -0.05) is 164 Å². The molecule has 10 aromatic carbocycles. The Morgan fingerprint density at radius 3 is 1.76 bits per heavy atom. The SMILES string of the molecule is C=Cc1c(C=CC)nc(-c2ccc(-c3ccc4c(-c5ccc6ccccc6c5)c5cc(-c6nc7ccccc7[nH]6)ccc5c(-c5ccc6ccccc6c5)c4c3)cc2)n1-c1ccc(C=NC(C)C(=N)/C=C\C)cc1. The van der Waals surface area contributed by atoms with Crippen LogP contribution in [0, 0.1) is 5.41 Å². The van der Waals surface area contributed by atoms with Gasteiger partial charge in [-0.15, -0.1) is 0 Å². The van der Waals surface area contributed by atoms with Crippen molar-refractivity contribution in [2.24, 2.45) is 4.99 Å². The molecule has 12 aromatic rings. The third kappa shape index (κ3) is 8.32. The molecular weight excluding hydrogens is 901 g/mol. The fourth-order valence-corrected chi connectivity index (χ4v) is 10.5. The lowest BCUT2D eigenvalue weighted by Crippen LogP contribution is -2.10. The molecule has 0 radical (unpaired) electrons. The second-order valence-electron chi connectivity index (χ2n) is 18.8. The largest absolute Gasteiger partial charge is 0.338 e. The Kier molecular flexibility index (Phi) is 11.9. The topological polar surface area (TPSA) is 82.7 Å². The Morgan fingerprint density at radius 1 is 0.568 bits per heavy atom. The summed E-state index contributed by atoms with van der Waals surface area (Å²) in [5.74, 6) is 1.66. The van der Waals surface area contributed by atoms with Gasteiger partial charge in [-0.05, 0) is 170 Å². The van der Waals surface area contributed by atoms with Crippen LogP contribution in [-0.2, 0) is 0 Å². The number of hydrogen-bond donors (Lipinski definition) is 2. The second kappa shape index (κ2) is 19.2. The van der Waals surface area contributed by atoms with Gasteiger partial charge in [-0.25, -0.2) is 9.97 Å². The van der Waals surface area contributed by atoms with E-state index < -0.39 is 0 Å². The van der Waals surface area contributed by atoms with E-state index in [0.29, 0.717) is 5.71 Å². The molecule has 6 heteroatoms. The molecule has 0 bridgehead atoms. The van der Waals surface area contributed by atoms with Gasteiger partial charge in [0, 0.05) is 23.0 Å². The first kappa shape index (κ1) is 45.6. The van der Waals surface area contributed by atoms with E-state index in [9.17, 15) is 0 Å². The zero-order valence-electron chi connectivity index (χ0n) is 41.5. The number of imidazole rings is 2. The van der Waals surface area contributed by atoms with Crippen LogP contribution in [0.4, 0.5) is 0 Å². The van der Waals surface area contributed by atoms with Crippen molar-refractivity contribution >= 4 is 78.2 Å². The summed E-state index contributed by atoms with van der Waals surface area (Å²) >= 11 is 0. The Bertz CT molecular complexity index is 4230. The molecule has 0 saturated carbocycles.